The molecule has 1 aromatic heterocycles. The van der Waals surface area contributed by atoms with Crippen molar-refractivity contribution in [1.29, 1.82) is 0 Å². The quantitative estimate of drug-likeness (QED) is 0.876. The zero-order valence-electron chi connectivity index (χ0n) is 15.3. The zero-order chi connectivity index (χ0) is 17.2. The van der Waals surface area contributed by atoms with Gasteiger partial charge >= 0.3 is 0 Å². The molecule has 5 heteroatoms. The van der Waals surface area contributed by atoms with Gasteiger partial charge in [0.05, 0.1) is 17.6 Å². The van der Waals surface area contributed by atoms with Crippen LogP contribution in [0.2, 0.25) is 0 Å². The molecule has 0 aliphatic carbocycles. The number of aliphatic hydroxyl groups is 1. The maximum absolute atomic E-state index is 9.53. The summed E-state index contributed by atoms with van der Waals surface area (Å²) < 4.78 is 2.40. The molecular formula is C20H30N4O. The van der Waals surface area contributed by atoms with Gasteiger partial charge in [0, 0.05) is 38.3 Å². The van der Waals surface area contributed by atoms with E-state index in [2.05, 4.69) is 45.6 Å². The van der Waals surface area contributed by atoms with Gasteiger partial charge in [0.2, 0.25) is 0 Å². The lowest BCUT2D eigenvalue weighted by atomic mass is 10.0. The predicted octanol–water partition coefficient (Wildman–Crippen LogP) is 2.48. The van der Waals surface area contributed by atoms with Crippen LogP contribution in [0.3, 0.4) is 0 Å². The van der Waals surface area contributed by atoms with E-state index in [0.29, 0.717) is 12.1 Å². The summed E-state index contributed by atoms with van der Waals surface area (Å²) in [7, 11) is 0. The fourth-order valence-corrected chi connectivity index (χ4v) is 4.67. The summed E-state index contributed by atoms with van der Waals surface area (Å²) in [6.45, 7) is 7.84. The van der Waals surface area contributed by atoms with Crippen LogP contribution in [-0.4, -0.2) is 62.8 Å². The summed E-state index contributed by atoms with van der Waals surface area (Å²) in [5, 5.41) is 9.53. The molecular weight excluding hydrogens is 312 g/mol. The van der Waals surface area contributed by atoms with Crippen LogP contribution in [0.15, 0.2) is 24.3 Å². The number of hydrogen-bond donors (Lipinski definition) is 1. The smallest absolute Gasteiger partial charge is 0.124 e. The van der Waals surface area contributed by atoms with Crippen molar-refractivity contribution < 1.29 is 5.11 Å². The van der Waals surface area contributed by atoms with E-state index in [1.807, 2.05) is 0 Å². The van der Waals surface area contributed by atoms with E-state index < -0.39 is 0 Å². The van der Waals surface area contributed by atoms with Gasteiger partial charge in [-0.25, -0.2) is 4.98 Å². The Balaban J connectivity index is 1.61. The molecule has 2 atom stereocenters. The van der Waals surface area contributed by atoms with E-state index in [4.69, 9.17) is 4.98 Å². The third kappa shape index (κ3) is 3.33. The van der Waals surface area contributed by atoms with Crippen molar-refractivity contribution in [3.05, 3.63) is 30.1 Å². The highest BCUT2D eigenvalue weighted by molar-refractivity contribution is 5.75. The molecule has 3 heterocycles. The first-order chi connectivity index (χ1) is 12.3. The maximum Gasteiger partial charge on any atom is 0.124 e. The van der Waals surface area contributed by atoms with Crippen molar-refractivity contribution in [1.82, 2.24) is 19.4 Å². The highest BCUT2D eigenvalue weighted by Gasteiger charge is 2.36. The molecule has 0 amide bonds. The normalized spacial score (nSPS) is 24.9. The van der Waals surface area contributed by atoms with Crippen molar-refractivity contribution in [2.45, 2.75) is 57.8 Å². The van der Waals surface area contributed by atoms with Crippen LogP contribution in [-0.2, 0) is 13.1 Å². The third-order valence-corrected chi connectivity index (χ3v) is 5.89. The van der Waals surface area contributed by atoms with Gasteiger partial charge in [-0.05, 0) is 44.4 Å². The van der Waals surface area contributed by atoms with E-state index in [-0.39, 0.29) is 6.61 Å². The molecule has 0 bridgehead atoms. The average Bonchev–Trinajstić information content (AvgIpc) is 3.20. The third-order valence-electron chi connectivity index (χ3n) is 5.89. The summed E-state index contributed by atoms with van der Waals surface area (Å²) in [4.78, 5) is 10.2. The lowest BCUT2D eigenvalue weighted by Gasteiger charge is -2.43. The zero-order valence-corrected chi connectivity index (χ0v) is 15.3. The highest BCUT2D eigenvalue weighted by Crippen LogP contribution is 2.28. The second-order valence-corrected chi connectivity index (χ2v) is 7.55. The van der Waals surface area contributed by atoms with Gasteiger partial charge in [-0.15, -0.1) is 0 Å². The van der Waals surface area contributed by atoms with E-state index in [9.17, 15) is 5.11 Å². The molecule has 4 rings (SSSR count). The number of nitrogens with zero attached hydrogens (tertiary/aromatic N) is 4. The first-order valence-electron chi connectivity index (χ1n) is 9.83. The van der Waals surface area contributed by atoms with E-state index in [1.54, 1.807) is 0 Å². The summed E-state index contributed by atoms with van der Waals surface area (Å²) in [5.74, 6) is 1.18. The number of para-hydroxylation sites is 2. The Labute approximate surface area is 150 Å². The molecule has 2 aromatic rings. The Morgan fingerprint density at radius 1 is 1.24 bits per heavy atom. The molecule has 0 radical (unpaired) electrons. The number of aliphatic hydroxyl groups excluding tert-OH is 1. The molecule has 0 saturated carbocycles. The van der Waals surface area contributed by atoms with Crippen LogP contribution in [0.4, 0.5) is 0 Å². The van der Waals surface area contributed by atoms with Crippen LogP contribution in [0.5, 0.6) is 0 Å². The Bertz CT molecular complexity index is 713. The predicted molar refractivity (Wildman–Crippen MR) is 101 cm³/mol. The molecule has 2 aliphatic rings. The van der Waals surface area contributed by atoms with Gasteiger partial charge in [0.1, 0.15) is 5.82 Å². The number of rotatable bonds is 6. The highest BCUT2D eigenvalue weighted by atomic mass is 16.3. The summed E-state index contributed by atoms with van der Waals surface area (Å²) in [6.07, 6.45) is 4.60. The lowest BCUT2D eigenvalue weighted by Crippen LogP contribution is -2.56. The largest absolute Gasteiger partial charge is 0.396 e. The van der Waals surface area contributed by atoms with Gasteiger partial charge in [-0.2, -0.15) is 0 Å². The molecule has 0 unspecified atom stereocenters. The molecule has 5 nitrogen and oxygen atoms in total. The minimum absolute atomic E-state index is 0.269. The van der Waals surface area contributed by atoms with Crippen molar-refractivity contribution in [3.63, 3.8) is 0 Å². The van der Waals surface area contributed by atoms with Gasteiger partial charge in [-0.1, -0.05) is 19.1 Å². The Kier molecular flexibility index (Phi) is 5.06. The van der Waals surface area contributed by atoms with E-state index in [0.717, 1.165) is 44.5 Å². The number of aromatic nitrogens is 2. The molecule has 1 aromatic carbocycles. The number of piperazine rings is 1. The van der Waals surface area contributed by atoms with Gasteiger partial charge < -0.3 is 9.67 Å². The van der Waals surface area contributed by atoms with Gasteiger partial charge in [-0.3, -0.25) is 9.80 Å². The molecule has 25 heavy (non-hydrogen) atoms. The van der Waals surface area contributed by atoms with E-state index >= 15 is 0 Å². The van der Waals surface area contributed by atoms with Crippen LogP contribution in [0.1, 0.15) is 38.4 Å². The average molecular weight is 342 g/mol. The number of benzene rings is 1. The molecule has 0 spiro atoms. The SMILES string of the molecule is CCCn1c(CN2C[C@@H]3CCCN3C[C@@H]2CCO)nc2ccccc21. The van der Waals surface area contributed by atoms with Crippen molar-refractivity contribution in [2.24, 2.45) is 0 Å². The fourth-order valence-electron chi connectivity index (χ4n) is 4.67. The van der Waals surface area contributed by atoms with Crippen LogP contribution < -0.4 is 0 Å². The minimum atomic E-state index is 0.269. The van der Waals surface area contributed by atoms with E-state index in [1.165, 1.54) is 30.7 Å². The summed E-state index contributed by atoms with van der Waals surface area (Å²) >= 11 is 0. The number of hydrogen-bond acceptors (Lipinski definition) is 4. The molecule has 136 valence electrons. The Morgan fingerprint density at radius 3 is 2.96 bits per heavy atom. The summed E-state index contributed by atoms with van der Waals surface area (Å²) in [5.41, 5.74) is 2.35. The van der Waals surface area contributed by atoms with Gasteiger partial charge in [0.25, 0.3) is 0 Å². The van der Waals surface area contributed by atoms with Crippen molar-refractivity contribution in [3.8, 4) is 0 Å². The monoisotopic (exact) mass is 342 g/mol. The minimum Gasteiger partial charge on any atom is -0.396 e. The molecule has 1 N–H and O–H groups in total. The number of imidazole rings is 1. The lowest BCUT2D eigenvalue weighted by molar-refractivity contribution is 0.0311. The second kappa shape index (κ2) is 7.44. The van der Waals surface area contributed by atoms with Crippen molar-refractivity contribution >= 4 is 11.0 Å². The van der Waals surface area contributed by atoms with Crippen LogP contribution in [0.25, 0.3) is 11.0 Å². The first kappa shape index (κ1) is 17.0. The van der Waals surface area contributed by atoms with Gasteiger partial charge in [0.15, 0.2) is 0 Å². The molecule has 2 fully saturated rings. The Morgan fingerprint density at radius 2 is 2.12 bits per heavy atom. The van der Waals surface area contributed by atoms with Crippen LogP contribution >= 0.6 is 0 Å². The number of fused-ring (bicyclic) bond motifs is 2. The second-order valence-electron chi connectivity index (χ2n) is 7.55. The Hall–Kier alpha value is -1.43. The molecule has 2 aliphatic heterocycles. The number of aryl methyl sites for hydroxylation is 1. The summed E-state index contributed by atoms with van der Waals surface area (Å²) in [6, 6.07) is 9.60. The molecule has 2 saturated heterocycles. The fraction of sp³-hybridized carbons (Fsp3) is 0.650. The van der Waals surface area contributed by atoms with Crippen LogP contribution in [0, 0.1) is 0 Å². The first-order valence-corrected chi connectivity index (χ1v) is 9.83. The van der Waals surface area contributed by atoms with Crippen molar-refractivity contribution in [2.75, 3.05) is 26.2 Å². The topological polar surface area (TPSA) is 44.5 Å². The maximum atomic E-state index is 9.53. The standard InChI is InChI=1S/C20H30N4O/c1-2-10-24-19-8-4-3-7-18(19)21-20(24)15-23-14-16-6-5-11-22(16)13-17(23)9-12-25/h3-4,7-8,16-17,25H,2,5-6,9-15H2,1H3/t16-,17-/m0/s1.